The van der Waals surface area contributed by atoms with Crippen LogP contribution in [-0.4, -0.2) is 67.8 Å². The molecule has 1 aromatic carbocycles. The van der Waals surface area contributed by atoms with E-state index in [1.54, 1.807) is 24.3 Å². The van der Waals surface area contributed by atoms with E-state index in [4.69, 9.17) is 24.3 Å². The van der Waals surface area contributed by atoms with Crippen LogP contribution in [0.15, 0.2) is 48.8 Å². The van der Waals surface area contributed by atoms with Gasteiger partial charge in [0.2, 0.25) is 5.60 Å². The molecule has 1 aliphatic rings. The van der Waals surface area contributed by atoms with Crippen molar-refractivity contribution in [1.29, 1.82) is 5.26 Å². The minimum Gasteiger partial charge on any atom is -0.461 e. The Kier molecular flexibility index (Phi) is 8.98. The lowest BCUT2D eigenvalue weighted by molar-refractivity contribution is -0.151. The largest absolute Gasteiger partial charge is 0.461 e. The van der Waals surface area contributed by atoms with Crippen LogP contribution in [0.2, 0.25) is 0 Å². The number of nitrogens with two attached hydrogens (primary N) is 1. The van der Waals surface area contributed by atoms with Crippen molar-refractivity contribution < 1.29 is 38.1 Å². The molecule has 5 N–H and O–H groups in total. The highest BCUT2D eigenvalue weighted by Gasteiger charge is 2.61. The predicted octanol–water partition coefficient (Wildman–Crippen LogP) is 2.07. The Morgan fingerprint density at radius 3 is 2.68 bits per heavy atom. The number of aliphatic hydroxyl groups excluding tert-OH is 1. The minimum atomic E-state index is -4.41. The molecule has 1 fully saturated rings. The molecule has 14 nitrogen and oxygen atoms in total. The molecule has 0 radical (unpaired) electrons. The number of nitrogens with one attached hydrogen (secondary N) is 1. The van der Waals surface area contributed by atoms with E-state index in [1.807, 2.05) is 19.9 Å². The average molecular weight is 589 g/mol. The fourth-order valence-corrected chi connectivity index (χ4v) is 5.95. The molecular formula is C26H33N6O8P. The second kappa shape index (κ2) is 12.1. The number of rotatable bonds is 12. The van der Waals surface area contributed by atoms with Crippen LogP contribution in [0.3, 0.4) is 0 Å². The second-order valence-electron chi connectivity index (χ2n) is 9.68. The standard InChI is InChI=1S/C26H33N6O8P/c1-4-18(5-2)39-23(33)17(3)31-41(36,40-19-9-7-6-8-10-19)38-14-25(13-27)24(34)26(35,15-37-25)21-12-11-20-22(28)29-16-30-32(20)21/h6-12,16-18,24,34-35H,4-5,14-15H2,1-3H3,(H,31,36)(H2,28,29,30)/t17-,24+,25+,26-,41?/m0/s1. The van der Waals surface area contributed by atoms with Crippen molar-refractivity contribution in [3.63, 3.8) is 0 Å². The maximum Gasteiger partial charge on any atom is 0.459 e. The lowest BCUT2D eigenvalue weighted by Gasteiger charge is -2.31. The SMILES string of the molecule is CCC(CC)OC(=O)[C@H](C)NP(=O)(OC[C@@]1(C#N)OC[C@](O)(c2ccc3c(N)ncnn23)[C@@H]1O)Oc1ccccc1. The molecule has 2 aromatic heterocycles. The lowest BCUT2D eigenvalue weighted by atomic mass is 9.86. The van der Waals surface area contributed by atoms with Crippen molar-refractivity contribution in [2.24, 2.45) is 0 Å². The van der Waals surface area contributed by atoms with Crippen LogP contribution in [0.5, 0.6) is 5.75 Å². The molecule has 0 spiro atoms. The van der Waals surface area contributed by atoms with Crippen LogP contribution >= 0.6 is 7.75 Å². The van der Waals surface area contributed by atoms with E-state index < -0.39 is 50.3 Å². The first kappa shape index (κ1) is 30.4. The van der Waals surface area contributed by atoms with Crippen LogP contribution in [0.25, 0.3) is 5.52 Å². The van der Waals surface area contributed by atoms with Gasteiger partial charge in [0.25, 0.3) is 0 Å². The van der Waals surface area contributed by atoms with E-state index in [1.165, 1.54) is 36.0 Å². The van der Waals surface area contributed by atoms with E-state index in [-0.39, 0.29) is 23.4 Å². The Morgan fingerprint density at radius 1 is 1.32 bits per heavy atom. The predicted molar refractivity (Wildman–Crippen MR) is 145 cm³/mol. The smallest absolute Gasteiger partial charge is 0.459 e. The normalized spacial score (nSPS) is 24.6. The van der Waals surface area contributed by atoms with Gasteiger partial charge in [-0.05, 0) is 44.0 Å². The minimum absolute atomic E-state index is 0.0887. The molecule has 15 heteroatoms. The first-order valence-corrected chi connectivity index (χ1v) is 14.6. The number of benzene rings is 1. The summed E-state index contributed by atoms with van der Waals surface area (Å²) < 4.78 is 37.5. The van der Waals surface area contributed by atoms with Crippen molar-refractivity contribution in [3.05, 3.63) is 54.5 Å². The number of ether oxygens (including phenoxy) is 2. The third kappa shape index (κ3) is 6.06. The van der Waals surface area contributed by atoms with Crippen molar-refractivity contribution in [1.82, 2.24) is 19.7 Å². The zero-order valence-electron chi connectivity index (χ0n) is 22.8. The van der Waals surface area contributed by atoms with E-state index >= 15 is 0 Å². The first-order valence-electron chi connectivity index (χ1n) is 13.0. The van der Waals surface area contributed by atoms with Crippen LogP contribution in [0, 0.1) is 11.3 Å². The summed E-state index contributed by atoms with van der Waals surface area (Å²) in [5, 5.41) is 39.5. The molecule has 41 heavy (non-hydrogen) atoms. The molecule has 3 heterocycles. The first-order chi connectivity index (χ1) is 19.5. The summed E-state index contributed by atoms with van der Waals surface area (Å²) in [5.74, 6) is -0.390. The van der Waals surface area contributed by atoms with Crippen molar-refractivity contribution >= 4 is 25.1 Å². The highest BCUT2D eigenvalue weighted by atomic mass is 31.2. The molecule has 1 aliphatic heterocycles. The lowest BCUT2D eigenvalue weighted by Crippen LogP contribution is -2.51. The topological polar surface area (TPSA) is 204 Å². The maximum absolute atomic E-state index is 13.9. The van der Waals surface area contributed by atoms with Gasteiger partial charge in [0, 0.05) is 0 Å². The molecule has 1 unspecified atom stereocenters. The highest BCUT2D eigenvalue weighted by molar-refractivity contribution is 7.52. The Labute approximate surface area is 236 Å². The van der Waals surface area contributed by atoms with Gasteiger partial charge in [-0.25, -0.2) is 14.1 Å². The summed E-state index contributed by atoms with van der Waals surface area (Å²) in [6.07, 6.45) is 0.159. The molecule has 0 amide bonds. The zero-order valence-corrected chi connectivity index (χ0v) is 23.7. The van der Waals surface area contributed by atoms with Gasteiger partial charge in [-0.1, -0.05) is 32.0 Å². The number of fused-ring (bicyclic) bond motifs is 1. The second-order valence-corrected chi connectivity index (χ2v) is 11.4. The van der Waals surface area contributed by atoms with E-state index in [2.05, 4.69) is 15.2 Å². The van der Waals surface area contributed by atoms with Gasteiger partial charge in [0.05, 0.1) is 12.3 Å². The number of carbonyl (C=O) groups is 1. The maximum atomic E-state index is 13.9. The fraction of sp³-hybridized carbons (Fsp3) is 0.462. The number of para-hydroxylation sites is 1. The Morgan fingerprint density at radius 2 is 2.02 bits per heavy atom. The van der Waals surface area contributed by atoms with Crippen LogP contribution < -0.4 is 15.3 Å². The van der Waals surface area contributed by atoms with E-state index in [0.29, 0.717) is 18.4 Å². The highest BCUT2D eigenvalue weighted by Crippen LogP contribution is 2.48. The molecule has 0 aliphatic carbocycles. The van der Waals surface area contributed by atoms with Crippen LogP contribution in [0.4, 0.5) is 5.82 Å². The van der Waals surface area contributed by atoms with Gasteiger partial charge in [-0.2, -0.15) is 15.4 Å². The summed E-state index contributed by atoms with van der Waals surface area (Å²) in [5.41, 5.74) is 2.03. The Balaban J connectivity index is 1.58. The number of nitriles is 1. The zero-order chi connectivity index (χ0) is 29.8. The van der Waals surface area contributed by atoms with Crippen LogP contribution in [0.1, 0.15) is 39.3 Å². The van der Waals surface area contributed by atoms with Gasteiger partial charge < -0.3 is 29.9 Å². The Hall–Kier alpha value is -3.57. The molecule has 1 saturated heterocycles. The summed E-state index contributed by atoms with van der Waals surface area (Å²) in [6, 6.07) is 11.8. The summed E-state index contributed by atoms with van der Waals surface area (Å²) in [6.45, 7) is 3.84. The van der Waals surface area contributed by atoms with Crippen molar-refractivity contribution in [3.8, 4) is 11.8 Å². The number of aliphatic hydroxyl groups is 2. The Bertz CT molecular complexity index is 1460. The number of nitrogens with zero attached hydrogens (tertiary/aromatic N) is 4. The third-order valence-corrected chi connectivity index (χ3v) is 8.50. The number of hydrogen-bond donors (Lipinski definition) is 4. The molecule has 5 atom stereocenters. The summed E-state index contributed by atoms with van der Waals surface area (Å²) >= 11 is 0. The molecule has 0 saturated carbocycles. The van der Waals surface area contributed by atoms with Gasteiger partial charge in [-0.15, -0.1) is 0 Å². The molecular weight excluding hydrogens is 555 g/mol. The van der Waals surface area contributed by atoms with Crippen molar-refractivity contribution in [2.75, 3.05) is 18.9 Å². The molecule has 0 bridgehead atoms. The average Bonchev–Trinajstić information content (AvgIpc) is 3.52. The van der Waals surface area contributed by atoms with Gasteiger partial charge in [0.15, 0.2) is 11.4 Å². The third-order valence-electron chi connectivity index (χ3n) is 6.87. The molecule has 220 valence electrons. The molecule has 4 rings (SSSR count). The number of anilines is 1. The number of aromatic nitrogens is 3. The number of hydrogen-bond acceptors (Lipinski definition) is 12. The number of nitrogen functional groups attached to an aromatic ring is 1. The summed E-state index contributed by atoms with van der Waals surface area (Å²) in [7, 11) is -4.41. The van der Waals surface area contributed by atoms with Gasteiger partial charge >= 0.3 is 13.7 Å². The van der Waals surface area contributed by atoms with E-state index in [0.717, 1.165) is 0 Å². The van der Waals surface area contributed by atoms with Gasteiger partial charge in [-0.3, -0.25) is 9.32 Å². The van der Waals surface area contributed by atoms with Gasteiger partial charge in [0.1, 0.15) is 48.5 Å². The number of esters is 1. The fourth-order valence-electron chi connectivity index (χ4n) is 4.43. The quantitative estimate of drug-likeness (QED) is 0.177. The number of carbonyl (C=O) groups excluding carboxylic acids is 1. The monoisotopic (exact) mass is 588 g/mol. The van der Waals surface area contributed by atoms with Crippen LogP contribution in [-0.2, 0) is 29.0 Å². The van der Waals surface area contributed by atoms with E-state index in [9.17, 15) is 24.8 Å². The summed E-state index contributed by atoms with van der Waals surface area (Å²) in [4.78, 5) is 16.6. The van der Waals surface area contributed by atoms with Crippen molar-refractivity contribution in [2.45, 2.75) is 63.1 Å². The molecule has 3 aromatic rings.